The standard InChI is InChI=1S/C23H23ClO5/c1-6-12(2)9-13(3)7-8-15-10-16-17(11-28-15)19-18(14(4)25)22(27)29-23(19,5)21(26)20(16)24/h7-12H,6H2,1-5H3/b8-7?,13-9+/t12-,23+/m0/s1. The van der Waals surface area contributed by atoms with Crippen molar-refractivity contribution in [1.29, 1.82) is 0 Å². The molecule has 5 nitrogen and oxygen atoms in total. The van der Waals surface area contributed by atoms with Gasteiger partial charge >= 0.3 is 5.97 Å². The summed E-state index contributed by atoms with van der Waals surface area (Å²) in [4.78, 5) is 37.2. The van der Waals surface area contributed by atoms with Crippen molar-refractivity contribution < 1.29 is 23.9 Å². The number of ether oxygens (including phenoxy) is 2. The summed E-state index contributed by atoms with van der Waals surface area (Å²) < 4.78 is 11.0. The Morgan fingerprint density at radius 3 is 2.62 bits per heavy atom. The molecule has 2 atom stereocenters. The van der Waals surface area contributed by atoms with Gasteiger partial charge in [0.15, 0.2) is 11.4 Å². The molecule has 6 heteroatoms. The van der Waals surface area contributed by atoms with Gasteiger partial charge in [0.05, 0.1) is 11.3 Å². The summed E-state index contributed by atoms with van der Waals surface area (Å²) >= 11 is 6.34. The van der Waals surface area contributed by atoms with Gasteiger partial charge in [-0.15, -0.1) is 0 Å². The number of Topliss-reactive ketones (excluding diaryl/α,β-unsaturated/α-hetero) is 2. The van der Waals surface area contributed by atoms with E-state index in [-0.39, 0.29) is 16.2 Å². The fourth-order valence-electron chi connectivity index (χ4n) is 3.57. The van der Waals surface area contributed by atoms with E-state index in [4.69, 9.17) is 21.1 Å². The van der Waals surface area contributed by atoms with Crippen molar-refractivity contribution >= 4 is 29.1 Å². The molecular formula is C23H23ClO5. The number of halogens is 1. The molecule has 0 N–H and O–H groups in total. The lowest BCUT2D eigenvalue weighted by molar-refractivity contribution is -0.153. The Morgan fingerprint density at radius 1 is 1.31 bits per heavy atom. The number of carbonyl (C=O) groups is 3. The first-order valence-corrected chi connectivity index (χ1v) is 9.87. The lowest BCUT2D eigenvalue weighted by atomic mass is 9.75. The molecule has 0 amide bonds. The highest BCUT2D eigenvalue weighted by molar-refractivity contribution is 6.46. The summed E-state index contributed by atoms with van der Waals surface area (Å²) in [6.45, 7) is 8.98. The summed E-state index contributed by atoms with van der Waals surface area (Å²) in [5.74, 6) is -0.892. The molecule has 0 aromatic carbocycles. The normalized spacial score (nSPS) is 25.4. The maximum Gasteiger partial charge on any atom is 0.343 e. The minimum absolute atomic E-state index is 0.0545. The number of esters is 1. The summed E-state index contributed by atoms with van der Waals surface area (Å²) in [6.07, 6.45) is 9.96. The Balaban J connectivity index is 2.04. The Kier molecular flexibility index (Phi) is 5.54. The van der Waals surface area contributed by atoms with Gasteiger partial charge in [-0.3, -0.25) is 9.59 Å². The lowest BCUT2D eigenvalue weighted by Gasteiger charge is -2.32. The van der Waals surface area contributed by atoms with Gasteiger partial charge in [0, 0.05) is 16.7 Å². The van der Waals surface area contributed by atoms with Gasteiger partial charge in [-0.05, 0) is 38.8 Å². The molecule has 0 saturated carbocycles. The van der Waals surface area contributed by atoms with Crippen molar-refractivity contribution in [3.05, 3.63) is 69.2 Å². The molecular weight excluding hydrogens is 392 g/mol. The third-order valence-electron chi connectivity index (χ3n) is 5.31. The molecule has 0 fully saturated rings. The van der Waals surface area contributed by atoms with Crippen molar-refractivity contribution in [2.75, 3.05) is 0 Å². The molecule has 0 aromatic rings. The van der Waals surface area contributed by atoms with Gasteiger partial charge in [-0.2, -0.15) is 0 Å². The van der Waals surface area contributed by atoms with Crippen LogP contribution in [0.2, 0.25) is 0 Å². The van der Waals surface area contributed by atoms with Crippen LogP contribution in [0.15, 0.2) is 69.2 Å². The number of fused-ring (bicyclic) bond motifs is 3. The molecule has 152 valence electrons. The molecule has 3 rings (SSSR count). The minimum Gasteiger partial charge on any atom is -0.464 e. The van der Waals surface area contributed by atoms with Crippen LogP contribution in [0, 0.1) is 5.92 Å². The van der Waals surface area contributed by atoms with Crippen LogP contribution in [-0.2, 0) is 23.9 Å². The Bertz CT molecular complexity index is 1000. The summed E-state index contributed by atoms with van der Waals surface area (Å²) in [6, 6.07) is 0. The number of hydrogen-bond acceptors (Lipinski definition) is 5. The second-order valence-corrected chi connectivity index (χ2v) is 7.99. The van der Waals surface area contributed by atoms with Crippen LogP contribution in [-0.4, -0.2) is 23.1 Å². The molecule has 2 heterocycles. The van der Waals surface area contributed by atoms with Crippen LogP contribution < -0.4 is 0 Å². The highest BCUT2D eigenvalue weighted by atomic mass is 35.5. The van der Waals surface area contributed by atoms with Crippen LogP contribution in [0.25, 0.3) is 0 Å². The molecule has 0 spiro atoms. The zero-order valence-corrected chi connectivity index (χ0v) is 17.8. The van der Waals surface area contributed by atoms with Crippen molar-refractivity contribution in [2.45, 2.75) is 46.6 Å². The zero-order valence-electron chi connectivity index (χ0n) is 17.1. The second kappa shape index (κ2) is 7.64. The number of hydrogen-bond donors (Lipinski definition) is 0. The van der Waals surface area contributed by atoms with E-state index in [1.807, 2.05) is 13.0 Å². The first-order chi connectivity index (χ1) is 13.6. The maximum atomic E-state index is 12.9. The van der Waals surface area contributed by atoms with Crippen LogP contribution in [0.3, 0.4) is 0 Å². The minimum atomic E-state index is -1.62. The van der Waals surface area contributed by atoms with E-state index in [1.54, 1.807) is 12.2 Å². The van der Waals surface area contributed by atoms with Crippen LogP contribution >= 0.6 is 11.6 Å². The van der Waals surface area contributed by atoms with Gasteiger partial charge in [0.25, 0.3) is 0 Å². The van der Waals surface area contributed by atoms with Crippen molar-refractivity contribution in [3.8, 4) is 0 Å². The quantitative estimate of drug-likeness (QED) is 0.373. The van der Waals surface area contributed by atoms with E-state index in [1.165, 1.54) is 20.1 Å². The molecule has 1 aliphatic carbocycles. The van der Waals surface area contributed by atoms with E-state index < -0.39 is 23.1 Å². The highest BCUT2D eigenvalue weighted by Crippen LogP contribution is 2.49. The van der Waals surface area contributed by atoms with Crippen LogP contribution in [0.4, 0.5) is 0 Å². The lowest BCUT2D eigenvalue weighted by Crippen LogP contribution is -2.42. The van der Waals surface area contributed by atoms with Gasteiger partial charge in [0.1, 0.15) is 11.3 Å². The molecule has 0 aromatic heterocycles. The van der Waals surface area contributed by atoms with E-state index in [0.29, 0.717) is 22.8 Å². The molecule has 0 radical (unpaired) electrons. The molecule has 0 unspecified atom stereocenters. The number of carbonyl (C=O) groups excluding carboxylic acids is 3. The predicted octanol–water partition coefficient (Wildman–Crippen LogP) is 4.61. The van der Waals surface area contributed by atoms with Crippen LogP contribution in [0.1, 0.15) is 41.0 Å². The molecule has 2 aliphatic heterocycles. The van der Waals surface area contributed by atoms with E-state index in [9.17, 15) is 14.4 Å². The molecule has 0 bridgehead atoms. The van der Waals surface area contributed by atoms with Crippen molar-refractivity contribution in [3.63, 3.8) is 0 Å². The van der Waals surface area contributed by atoms with Gasteiger partial charge < -0.3 is 9.47 Å². The fraction of sp³-hybridized carbons (Fsp3) is 0.348. The largest absolute Gasteiger partial charge is 0.464 e. The summed E-state index contributed by atoms with van der Waals surface area (Å²) in [7, 11) is 0. The van der Waals surface area contributed by atoms with Gasteiger partial charge in [-0.1, -0.05) is 49.6 Å². The van der Waals surface area contributed by atoms with E-state index >= 15 is 0 Å². The summed E-state index contributed by atoms with van der Waals surface area (Å²) in [5, 5.41) is -0.0545. The average Bonchev–Trinajstić information content (AvgIpc) is 2.96. The number of allylic oxidation sites excluding steroid dienone is 6. The third kappa shape index (κ3) is 3.55. The zero-order chi connectivity index (χ0) is 21.5. The molecule has 0 saturated heterocycles. The Hall–Kier alpha value is -2.66. The smallest absolute Gasteiger partial charge is 0.343 e. The third-order valence-corrected chi connectivity index (χ3v) is 5.69. The predicted molar refractivity (Wildman–Crippen MR) is 110 cm³/mol. The first kappa shape index (κ1) is 21.1. The SMILES string of the molecule is CC[C@H](C)/C=C(\C)C=CC1=CC2=C(Cl)C(=O)[C@]3(C)OC(=O)C(C(C)=O)=C3C2=CO1. The van der Waals surface area contributed by atoms with E-state index in [2.05, 4.69) is 19.9 Å². The monoisotopic (exact) mass is 414 g/mol. The fourth-order valence-corrected chi connectivity index (χ4v) is 3.91. The van der Waals surface area contributed by atoms with Crippen molar-refractivity contribution in [1.82, 2.24) is 0 Å². The van der Waals surface area contributed by atoms with Crippen LogP contribution in [0.5, 0.6) is 0 Å². The average molecular weight is 415 g/mol. The second-order valence-electron chi connectivity index (χ2n) is 7.61. The highest BCUT2D eigenvalue weighted by Gasteiger charge is 2.56. The van der Waals surface area contributed by atoms with E-state index in [0.717, 1.165) is 12.0 Å². The topological polar surface area (TPSA) is 69.7 Å². The van der Waals surface area contributed by atoms with Gasteiger partial charge in [-0.25, -0.2) is 4.79 Å². The van der Waals surface area contributed by atoms with Gasteiger partial charge in [0.2, 0.25) is 5.78 Å². The summed E-state index contributed by atoms with van der Waals surface area (Å²) in [5.41, 5.74) is 0.365. The first-order valence-electron chi connectivity index (χ1n) is 9.49. The Morgan fingerprint density at radius 2 is 2.00 bits per heavy atom. The number of ketones is 2. The van der Waals surface area contributed by atoms with Crippen molar-refractivity contribution in [2.24, 2.45) is 5.92 Å². The molecule has 3 aliphatic rings. The Labute approximate surface area is 175 Å². The molecule has 29 heavy (non-hydrogen) atoms. The number of rotatable bonds is 5. The maximum absolute atomic E-state index is 12.9.